The number of rotatable bonds is 3. The van der Waals surface area contributed by atoms with Crippen molar-refractivity contribution in [3.8, 4) is 0 Å². The summed E-state index contributed by atoms with van der Waals surface area (Å²) < 4.78 is 6.48. The standard InChI is InChI=1S/C16H20ClN5O3S/c17-15-18-12-9-11(10-20-1-3-22(4-2-20)16(23)24)26-13(12)14(19-15)21-5-7-25-8-6-21/h9H,1-8,10H2,(H,23,24). The summed E-state index contributed by atoms with van der Waals surface area (Å²) >= 11 is 7.83. The van der Waals surface area contributed by atoms with Crippen LogP contribution in [0.5, 0.6) is 0 Å². The van der Waals surface area contributed by atoms with E-state index in [0.717, 1.165) is 48.8 Å². The molecule has 2 saturated heterocycles. The van der Waals surface area contributed by atoms with E-state index >= 15 is 0 Å². The summed E-state index contributed by atoms with van der Waals surface area (Å²) in [6.45, 7) is 6.33. The number of carboxylic acid groups (broad SMARTS) is 1. The Morgan fingerprint density at radius 3 is 2.62 bits per heavy atom. The number of hydrogen-bond donors (Lipinski definition) is 1. The highest BCUT2D eigenvalue weighted by atomic mass is 35.5. The molecule has 1 N–H and O–H groups in total. The fraction of sp³-hybridized carbons (Fsp3) is 0.562. The molecule has 4 heterocycles. The largest absolute Gasteiger partial charge is 0.465 e. The second-order valence-electron chi connectivity index (χ2n) is 6.39. The molecule has 2 aliphatic rings. The lowest BCUT2D eigenvalue weighted by Gasteiger charge is -2.32. The van der Waals surface area contributed by atoms with Crippen LogP contribution >= 0.6 is 22.9 Å². The Kier molecular flexibility index (Phi) is 5.12. The van der Waals surface area contributed by atoms with Crippen LogP contribution in [0.15, 0.2) is 6.07 Å². The summed E-state index contributed by atoms with van der Waals surface area (Å²) in [4.78, 5) is 27.0. The highest BCUT2D eigenvalue weighted by Crippen LogP contribution is 2.34. The van der Waals surface area contributed by atoms with Gasteiger partial charge in [-0.05, 0) is 17.7 Å². The van der Waals surface area contributed by atoms with Crippen molar-refractivity contribution in [1.82, 2.24) is 19.8 Å². The third kappa shape index (κ3) is 3.71. The zero-order valence-electron chi connectivity index (χ0n) is 14.2. The second-order valence-corrected chi connectivity index (χ2v) is 7.86. The summed E-state index contributed by atoms with van der Waals surface area (Å²) in [6.07, 6.45) is -0.841. The monoisotopic (exact) mass is 397 g/mol. The van der Waals surface area contributed by atoms with Crippen LogP contribution in [-0.4, -0.2) is 83.4 Å². The van der Waals surface area contributed by atoms with Crippen molar-refractivity contribution in [3.63, 3.8) is 0 Å². The van der Waals surface area contributed by atoms with Gasteiger partial charge in [0.2, 0.25) is 5.28 Å². The Balaban J connectivity index is 1.53. The molecule has 0 atom stereocenters. The van der Waals surface area contributed by atoms with E-state index in [1.54, 1.807) is 11.3 Å². The van der Waals surface area contributed by atoms with Crippen molar-refractivity contribution >= 4 is 45.1 Å². The minimum Gasteiger partial charge on any atom is -0.465 e. The van der Waals surface area contributed by atoms with Gasteiger partial charge in [-0.1, -0.05) is 0 Å². The van der Waals surface area contributed by atoms with Crippen LogP contribution < -0.4 is 4.90 Å². The molecule has 2 aromatic heterocycles. The zero-order chi connectivity index (χ0) is 18.1. The third-order valence-corrected chi connectivity index (χ3v) is 5.98. The second kappa shape index (κ2) is 7.51. The van der Waals surface area contributed by atoms with Crippen molar-refractivity contribution in [3.05, 3.63) is 16.2 Å². The minimum atomic E-state index is -0.841. The molecule has 0 unspecified atom stereocenters. The molecular weight excluding hydrogens is 378 g/mol. The van der Waals surface area contributed by atoms with E-state index in [9.17, 15) is 4.79 Å². The summed E-state index contributed by atoms with van der Waals surface area (Å²) in [6, 6.07) is 2.07. The fourth-order valence-electron chi connectivity index (χ4n) is 3.32. The normalized spacial score (nSPS) is 19.3. The summed E-state index contributed by atoms with van der Waals surface area (Å²) in [5, 5.41) is 9.32. The smallest absolute Gasteiger partial charge is 0.407 e. The molecule has 140 valence electrons. The highest BCUT2D eigenvalue weighted by molar-refractivity contribution is 7.19. The first-order chi connectivity index (χ1) is 12.6. The predicted octanol–water partition coefficient (Wildman–Crippen LogP) is 1.98. The first-order valence-electron chi connectivity index (χ1n) is 8.59. The minimum absolute atomic E-state index is 0.262. The van der Waals surface area contributed by atoms with Gasteiger partial charge in [0, 0.05) is 50.7 Å². The number of morpholine rings is 1. The lowest BCUT2D eigenvalue weighted by Crippen LogP contribution is -2.47. The average molecular weight is 398 g/mol. The molecule has 0 radical (unpaired) electrons. The number of thiophene rings is 1. The van der Waals surface area contributed by atoms with Crippen LogP contribution in [-0.2, 0) is 11.3 Å². The van der Waals surface area contributed by atoms with Crippen molar-refractivity contribution < 1.29 is 14.6 Å². The molecule has 0 bridgehead atoms. The topological polar surface area (TPSA) is 82.0 Å². The maximum atomic E-state index is 11.0. The van der Waals surface area contributed by atoms with Gasteiger partial charge in [-0.15, -0.1) is 11.3 Å². The van der Waals surface area contributed by atoms with Gasteiger partial charge in [0.25, 0.3) is 0 Å². The van der Waals surface area contributed by atoms with Gasteiger partial charge < -0.3 is 19.6 Å². The number of amides is 1. The Morgan fingerprint density at radius 2 is 1.92 bits per heavy atom. The molecule has 0 aliphatic carbocycles. The molecule has 2 aliphatic heterocycles. The number of halogens is 1. The van der Waals surface area contributed by atoms with Crippen molar-refractivity contribution in [2.24, 2.45) is 0 Å². The third-order valence-electron chi connectivity index (χ3n) is 4.71. The van der Waals surface area contributed by atoms with Crippen molar-refractivity contribution in [2.45, 2.75) is 6.54 Å². The number of ether oxygens (including phenoxy) is 1. The summed E-state index contributed by atoms with van der Waals surface area (Å²) in [5.41, 5.74) is 0.871. The Bertz CT molecular complexity index is 803. The van der Waals surface area contributed by atoms with Gasteiger partial charge in [-0.25, -0.2) is 9.78 Å². The molecule has 0 saturated carbocycles. The van der Waals surface area contributed by atoms with E-state index in [1.165, 1.54) is 9.78 Å². The van der Waals surface area contributed by atoms with Crippen LogP contribution in [0.1, 0.15) is 4.88 Å². The number of aromatic nitrogens is 2. The van der Waals surface area contributed by atoms with Gasteiger partial charge in [0.1, 0.15) is 0 Å². The Hall–Kier alpha value is -1.68. The van der Waals surface area contributed by atoms with E-state index in [4.69, 9.17) is 21.4 Å². The predicted molar refractivity (Wildman–Crippen MR) is 100 cm³/mol. The van der Waals surface area contributed by atoms with E-state index in [0.29, 0.717) is 26.3 Å². The van der Waals surface area contributed by atoms with Crippen molar-refractivity contribution in [2.75, 3.05) is 57.4 Å². The van der Waals surface area contributed by atoms with Gasteiger partial charge >= 0.3 is 6.09 Å². The van der Waals surface area contributed by atoms with Gasteiger partial charge in [0.15, 0.2) is 5.82 Å². The van der Waals surface area contributed by atoms with Gasteiger partial charge in [-0.2, -0.15) is 4.98 Å². The molecular formula is C16H20ClN5O3S. The zero-order valence-corrected chi connectivity index (χ0v) is 15.8. The van der Waals surface area contributed by atoms with E-state index < -0.39 is 6.09 Å². The SMILES string of the molecule is O=C(O)N1CCN(Cc2cc3nc(Cl)nc(N4CCOCC4)c3s2)CC1. The molecule has 8 nitrogen and oxygen atoms in total. The van der Waals surface area contributed by atoms with E-state index in [2.05, 4.69) is 25.8 Å². The fourth-order valence-corrected chi connectivity index (χ4v) is 4.65. The van der Waals surface area contributed by atoms with Gasteiger partial charge in [0.05, 0.1) is 23.4 Å². The number of carbonyl (C=O) groups is 1. The van der Waals surface area contributed by atoms with Crippen LogP contribution in [0.4, 0.5) is 10.6 Å². The molecule has 2 fully saturated rings. The lowest BCUT2D eigenvalue weighted by atomic mass is 10.3. The van der Waals surface area contributed by atoms with E-state index in [-0.39, 0.29) is 5.28 Å². The lowest BCUT2D eigenvalue weighted by molar-refractivity contribution is 0.103. The van der Waals surface area contributed by atoms with E-state index in [1.807, 2.05) is 0 Å². The molecule has 0 aromatic carbocycles. The van der Waals surface area contributed by atoms with Crippen LogP contribution in [0.2, 0.25) is 5.28 Å². The average Bonchev–Trinajstić information content (AvgIpc) is 3.04. The highest BCUT2D eigenvalue weighted by Gasteiger charge is 2.22. The Morgan fingerprint density at radius 1 is 1.19 bits per heavy atom. The summed E-state index contributed by atoms with van der Waals surface area (Å²) in [7, 11) is 0. The number of anilines is 1. The van der Waals surface area contributed by atoms with Gasteiger partial charge in [-0.3, -0.25) is 4.90 Å². The van der Waals surface area contributed by atoms with Crippen molar-refractivity contribution in [1.29, 1.82) is 0 Å². The first-order valence-corrected chi connectivity index (χ1v) is 9.78. The molecule has 0 spiro atoms. The number of nitrogens with zero attached hydrogens (tertiary/aromatic N) is 5. The molecule has 26 heavy (non-hydrogen) atoms. The first kappa shape index (κ1) is 17.7. The van der Waals surface area contributed by atoms with Crippen LogP contribution in [0, 0.1) is 0 Å². The maximum absolute atomic E-state index is 11.0. The summed E-state index contributed by atoms with van der Waals surface area (Å²) in [5.74, 6) is 0.884. The Labute approximate surface area is 159 Å². The number of piperazine rings is 1. The maximum Gasteiger partial charge on any atom is 0.407 e. The quantitative estimate of drug-likeness (QED) is 0.793. The molecule has 10 heteroatoms. The van der Waals surface area contributed by atoms with Crippen LogP contribution in [0.25, 0.3) is 10.2 Å². The van der Waals surface area contributed by atoms with Crippen LogP contribution in [0.3, 0.4) is 0 Å². The molecule has 4 rings (SSSR count). The molecule has 1 amide bonds. The number of fused-ring (bicyclic) bond motifs is 1. The molecule has 2 aromatic rings. The number of hydrogen-bond acceptors (Lipinski definition) is 7.